The normalized spacial score (nSPS) is 11.0. The molecule has 0 aliphatic carbocycles. The number of nitrogens with zero attached hydrogens (tertiary/aromatic N) is 4. The highest BCUT2D eigenvalue weighted by atomic mass is 16.1. The molecule has 0 bridgehead atoms. The van der Waals surface area contributed by atoms with Crippen molar-refractivity contribution in [3.05, 3.63) is 70.3 Å². The second-order valence-corrected chi connectivity index (χ2v) is 6.78. The first-order chi connectivity index (χ1) is 13.0. The van der Waals surface area contributed by atoms with Gasteiger partial charge in [-0.2, -0.15) is 10.2 Å². The van der Waals surface area contributed by atoms with Gasteiger partial charge in [-0.25, -0.2) is 0 Å². The van der Waals surface area contributed by atoms with Crippen LogP contribution < -0.4 is 5.32 Å². The van der Waals surface area contributed by atoms with Crippen molar-refractivity contribution >= 4 is 5.91 Å². The monoisotopic (exact) mass is 365 g/mol. The van der Waals surface area contributed by atoms with Crippen molar-refractivity contribution in [1.82, 2.24) is 24.9 Å². The molecule has 3 rings (SSSR count). The lowest BCUT2D eigenvalue weighted by Gasteiger charge is -2.09. The van der Waals surface area contributed by atoms with Gasteiger partial charge in [0.25, 0.3) is 5.91 Å². The molecule has 27 heavy (non-hydrogen) atoms. The van der Waals surface area contributed by atoms with E-state index >= 15 is 0 Å². The van der Waals surface area contributed by atoms with Gasteiger partial charge in [-0.1, -0.05) is 37.3 Å². The first-order valence-corrected chi connectivity index (χ1v) is 9.37. The lowest BCUT2D eigenvalue weighted by atomic mass is 10.1. The Labute approximate surface area is 160 Å². The van der Waals surface area contributed by atoms with Crippen molar-refractivity contribution in [2.75, 3.05) is 6.54 Å². The fourth-order valence-corrected chi connectivity index (χ4v) is 3.44. The molecule has 0 saturated carbocycles. The SMILES string of the molecule is CCc1c(C(=O)NCCc2c(C)nn(C)c2C)cnn1Cc1ccccc1. The van der Waals surface area contributed by atoms with Crippen molar-refractivity contribution in [3.8, 4) is 0 Å². The maximum Gasteiger partial charge on any atom is 0.254 e. The highest BCUT2D eigenvalue weighted by Gasteiger charge is 2.17. The number of nitrogens with one attached hydrogen (secondary N) is 1. The molecule has 2 heterocycles. The van der Waals surface area contributed by atoms with Gasteiger partial charge in [-0.05, 0) is 37.8 Å². The van der Waals surface area contributed by atoms with Crippen molar-refractivity contribution in [2.45, 2.75) is 40.2 Å². The van der Waals surface area contributed by atoms with Crippen LogP contribution >= 0.6 is 0 Å². The summed E-state index contributed by atoms with van der Waals surface area (Å²) in [5.74, 6) is -0.0645. The van der Waals surface area contributed by atoms with E-state index in [1.807, 2.05) is 41.5 Å². The van der Waals surface area contributed by atoms with Crippen LogP contribution in [0.25, 0.3) is 0 Å². The maximum atomic E-state index is 12.7. The van der Waals surface area contributed by atoms with Crippen LogP contribution in [0.3, 0.4) is 0 Å². The molecule has 1 aromatic carbocycles. The smallest absolute Gasteiger partial charge is 0.254 e. The van der Waals surface area contributed by atoms with E-state index in [9.17, 15) is 4.79 Å². The average Bonchev–Trinajstić information content (AvgIpc) is 3.17. The van der Waals surface area contributed by atoms with E-state index in [1.54, 1.807) is 6.20 Å². The van der Waals surface area contributed by atoms with Crippen molar-refractivity contribution < 1.29 is 4.79 Å². The van der Waals surface area contributed by atoms with Crippen LogP contribution in [0.1, 0.15) is 45.5 Å². The Hall–Kier alpha value is -2.89. The standard InChI is InChI=1S/C21H27N5O/c1-5-20-19(13-23-26(20)14-17-9-7-6-8-10-17)21(27)22-12-11-18-15(2)24-25(4)16(18)3/h6-10,13H,5,11-12,14H2,1-4H3,(H,22,27). The molecule has 0 radical (unpaired) electrons. The molecule has 6 nitrogen and oxygen atoms in total. The summed E-state index contributed by atoms with van der Waals surface area (Å²) in [6.45, 7) is 7.37. The molecule has 0 unspecified atom stereocenters. The Kier molecular flexibility index (Phi) is 5.74. The molecule has 0 atom stereocenters. The largest absolute Gasteiger partial charge is 0.352 e. The summed E-state index contributed by atoms with van der Waals surface area (Å²) in [5, 5.41) is 11.9. The molecule has 2 aromatic heterocycles. The zero-order valence-corrected chi connectivity index (χ0v) is 16.5. The predicted octanol–water partition coefficient (Wildman–Crippen LogP) is 2.82. The highest BCUT2D eigenvalue weighted by molar-refractivity contribution is 5.95. The number of amides is 1. The number of hydrogen-bond donors (Lipinski definition) is 1. The summed E-state index contributed by atoms with van der Waals surface area (Å²) < 4.78 is 3.80. The minimum atomic E-state index is -0.0645. The van der Waals surface area contributed by atoms with Crippen LogP contribution in [0.4, 0.5) is 0 Å². The molecule has 6 heteroatoms. The van der Waals surface area contributed by atoms with E-state index in [2.05, 4.69) is 41.5 Å². The van der Waals surface area contributed by atoms with Crippen LogP contribution in [0.15, 0.2) is 36.5 Å². The first-order valence-electron chi connectivity index (χ1n) is 9.37. The first kappa shape index (κ1) is 18.9. The number of carbonyl (C=O) groups is 1. The summed E-state index contributed by atoms with van der Waals surface area (Å²) in [4.78, 5) is 12.7. The Bertz CT molecular complexity index is 924. The lowest BCUT2D eigenvalue weighted by molar-refractivity contribution is 0.0953. The van der Waals surface area contributed by atoms with Gasteiger partial charge < -0.3 is 5.32 Å². The van der Waals surface area contributed by atoms with E-state index in [1.165, 1.54) is 11.1 Å². The van der Waals surface area contributed by atoms with Crippen LogP contribution in [0.2, 0.25) is 0 Å². The van der Waals surface area contributed by atoms with Gasteiger partial charge in [0.1, 0.15) is 0 Å². The van der Waals surface area contributed by atoms with Crippen LogP contribution in [0.5, 0.6) is 0 Å². The summed E-state index contributed by atoms with van der Waals surface area (Å²) in [5.41, 5.74) is 6.16. The minimum absolute atomic E-state index is 0.0645. The van der Waals surface area contributed by atoms with Gasteiger partial charge in [-0.3, -0.25) is 14.2 Å². The summed E-state index contributed by atoms with van der Waals surface area (Å²) in [6, 6.07) is 10.2. The lowest BCUT2D eigenvalue weighted by Crippen LogP contribution is -2.26. The van der Waals surface area contributed by atoms with E-state index in [0.717, 1.165) is 29.9 Å². The van der Waals surface area contributed by atoms with Crippen LogP contribution in [-0.2, 0) is 26.4 Å². The maximum absolute atomic E-state index is 12.7. The predicted molar refractivity (Wildman–Crippen MR) is 106 cm³/mol. The fourth-order valence-electron chi connectivity index (χ4n) is 3.44. The topological polar surface area (TPSA) is 64.7 Å². The van der Waals surface area contributed by atoms with Gasteiger partial charge in [0.15, 0.2) is 0 Å². The average molecular weight is 365 g/mol. The third-order valence-corrected chi connectivity index (χ3v) is 5.02. The molecular formula is C21H27N5O. The Balaban J connectivity index is 1.66. The molecule has 1 amide bonds. The second kappa shape index (κ2) is 8.20. The number of carbonyl (C=O) groups excluding carboxylic acids is 1. The number of rotatable bonds is 7. The van der Waals surface area contributed by atoms with Crippen LogP contribution in [0, 0.1) is 13.8 Å². The summed E-state index contributed by atoms with van der Waals surface area (Å²) in [7, 11) is 1.94. The van der Waals surface area contributed by atoms with Gasteiger partial charge in [0, 0.05) is 19.3 Å². The highest BCUT2D eigenvalue weighted by Crippen LogP contribution is 2.14. The van der Waals surface area contributed by atoms with Crippen molar-refractivity contribution in [3.63, 3.8) is 0 Å². The minimum Gasteiger partial charge on any atom is -0.352 e. The molecule has 0 saturated heterocycles. The zero-order valence-electron chi connectivity index (χ0n) is 16.5. The fraction of sp³-hybridized carbons (Fsp3) is 0.381. The number of aryl methyl sites for hydroxylation is 2. The van der Waals surface area contributed by atoms with E-state index < -0.39 is 0 Å². The van der Waals surface area contributed by atoms with Gasteiger partial charge in [0.05, 0.1) is 29.7 Å². The van der Waals surface area contributed by atoms with Gasteiger partial charge in [0.2, 0.25) is 0 Å². The van der Waals surface area contributed by atoms with Crippen molar-refractivity contribution in [1.29, 1.82) is 0 Å². The van der Waals surface area contributed by atoms with Crippen molar-refractivity contribution in [2.24, 2.45) is 7.05 Å². The Morgan fingerprint density at radius 3 is 2.56 bits per heavy atom. The molecule has 0 aliphatic heterocycles. The van der Waals surface area contributed by atoms with E-state index in [4.69, 9.17) is 0 Å². The third kappa shape index (κ3) is 4.10. The Morgan fingerprint density at radius 1 is 1.19 bits per heavy atom. The van der Waals surface area contributed by atoms with E-state index in [0.29, 0.717) is 18.7 Å². The number of aromatic nitrogens is 4. The summed E-state index contributed by atoms with van der Waals surface area (Å²) in [6.07, 6.45) is 3.21. The molecule has 0 spiro atoms. The third-order valence-electron chi connectivity index (χ3n) is 5.02. The van der Waals surface area contributed by atoms with Gasteiger partial charge >= 0.3 is 0 Å². The number of hydrogen-bond acceptors (Lipinski definition) is 3. The molecule has 0 fully saturated rings. The molecule has 1 N–H and O–H groups in total. The molecule has 0 aliphatic rings. The molecule has 3 aromatic rings. The number of benzene rings is 1. The molecule has 142 valence electrons. The molecular weight excluding hydrogens is 338 g/mol. The summed E-state index contributed by atoms with van der Waals surface area (Å²) >= 11 is 0. The van der Waals surface area contributed by atoms with Gasteiger partial charge in [-0.15, -0.1) is 0 Å². The van der Waals surface area contributed by atoms with E-state index in [-0.39, 0.29) is 5.91 Å². The quantitative estimate of drug-likeness (QED) is 0.700. The Morgan fingerprint density at radius 2 is 1.93 bits per heavy atom. The second-order valence-electron chi connectivity index (χ2n) is 6.78. The van der Waals surface area contributed by atoms with Crippen LogP contribution in [-0.4, -0.2) is 32.0 Å². The zero-order chi connectivity index (χ0) is 19.4.